The number of anilines is 1. The third-order valence-electron chi connectivity index (χ3n) is 4.46. The molecule has 0 aliphatic heterocycles. The maximum atomic E-state index is 15.4. The quantitative estimate of drug-likeness (QED) is 0.437. The number of carbonyl (C=O) groups excluding carboxylic acids is 2. The Hall–Kier alpha value is -3.08. The normalized spacial score (nSPS) is 12.8. The van der Waals surface area contributed by atoms with Gasteiger partial charge in [0.1, 0.15) is 12.1 Å². The van der Waals surface area contributed by atoms with Gasteiger partial charge in [-0.05, 0) is 33.3 Å². The molecular formula is C21H22ClF3N3O5-. The van der Waals surface area contributed by atoms with E-state index in [1.165, 1.54) is 39.8 Å². The summed E-state index contributed by atoms with van der Waals surface area (Å²) in [6.07, 6.45) is 0.154. The van der Waals surface area contributed by atoms with E-state index < -0.39 is 58.9 Å². The number of carbonyl (C=O) groups is 2. The summed E-state index contributed by atoms with van der Waals surface area (Å²) in [5, 5.41) is 23.0. The first-order valence-corrected chi connectivity index (χ1v) is 10.2. The Morgan fingerprint density at radius 1 is 1.30 bits per heavy atom. The molecule has 1 unspecified atom stereocenters. The van der Waals surface area contributed by atoms with Crippen molar-refractivity contribution in [3.63, 3.8) is 0 Å². The molecule has 2 heterocycles. The molecule has 1 amide bonds. The molecule has 0 fully saturated rings. The molecular weight excluding hydrogens is 467 g/mol. The maximum Gasteiger partial charge on any atom is 0.416 e. The third-order valence-corrected chi connectivity index (χ3v) is 4.76. The van der Waals surface area contributed by atoms with Crippen LogP contribution in [0.4, 0.5) is 23.8 Å². The number of hydrogen-bond acceptors (Lipinski definition) is 6. The molecule has 180 valence electrons. The Balaban J connectivity index is 2.66. The Labute approximate surface area is 193 Å². The molecule has 0 aromatic carbocycles. The molecule has 0 saturated carbocycles. The molecule has 1 atom stereocenters. The summed E-state index contributed by atoms with van der Waals surface area (Å²) >= 11 is 5.94. The Morgan fingerprint density at radius 3 is 2.45 bits per heavy atom. The highest BCUT2D eigenvalue weighted by Gasteiger charge is 2.45. The summed E-state index contributed by atoms with van der Waals surface area (Å²) in [6, 6.07) is 3.27. The number of aromatic nitrogens is 2. The molecule has 8 nitrogen and oxygen atoms in total. The number of alkyl halides is 2. The summed E-state index contributed by atoms with van der Waals surface area (Å²) in [4.78, 5) is 28.1. The highest BCUT2D eigenvalue weighted by Crippen LogP contribution is 2.36. The SMILES string of the molecule is CCC(C(=O)[O-])c1c(Cl)cnc(N(CC(F)(F)c2cccc[n+]2[O-])C(=O)OC(C)(C)C)c1F. The number of ether oxygens (including phenoxy) is 1. The number of hydrogen-bond donors (Lipinski definition) is 0. The third kappa shape index (κ3) is 6.04. The van der Waals surface area contributed by atoms with Crippen LogP contribution in [-0.2, 0) is 15.5 Å². The lowest BCUT2D eigenvalue weighted by Gasteiger charge is -2.30. The van der Waals surface area contributed by atoms with Gasteiger partial charge in [-0.15, -0.1) is 0 Å². The number of nitrogens with zero attached hydrogens (tertiary/aromatic N) is 3. The number of amides is 1. The number of aliphatic carboxylic acids is 1. The average Bonchev–Trinajstić information content (AvgIpc) is 2.68. The lowest BCUT2D eigenvalue weighted by atomic mass is 9.96. The van der Waals surface area contributed by atoms with E-state index in [-0.39, 0.29) is 21.1 Å². The van der Waals surface area contributed by atoms with Crippen molar-refractivity contribution in [1.82, 2.24) is 4.98 Å². The standard InChI is InChI=1S/C21H23ClF3N3O5/c1-5-12(18(29)30)15-13(22)10-26-17(16(15)23)27(19(31)33-20(2,3)4)11-21(24,25)14-8-6-7-9-28(14)32/h6-10,12H,5,11H2,1-4H3,(H,29,30)/p-1. The van der Waals surface area contributed by atoms with E-state index in [4.69, 9.17) is 16.3 Å². The second kappa shape index (κ2) is 9.82. The van der Waals surface area contributed by atoms with Gasteiger partial charge in [0.2, 0.25) is 0 Å². The van der Waals surface area contributed by atoms with Crippen LogP contribution >= 0.6 is 11.6 Å². The highest BCUT2D eigenvalue weighted by atomic mass is 35.5. The van der Waals surface area contributed by atoms with E-state index in [1.807, 2.05) is 0 Å². The van der Waals surface area contributed by atoms with Crippen LogP contribution in [0.3, 0.4) is 0 Å². The van der Waals surface area contributed by atoms with Gasteiger partial charge in [0, 0.05) is 35.8 Å². The number of halogens is 4. The monoisotopic (exact) mass is 488 g/mol. The zero-order valence-corrected chi connectivity index (χ0v) is 19.0. The molecule has 2 rings (SSSR count). The van der Waals surface area contributed by atoms with Crippen molar-refractivity contribution in [2.24, 2.45) is 0 Å². The smallest absolute Gasteiger partial charge is 0.416 e. The molecule has 0 radical (unpaired) electrons. The largest absolute Gasteiger partial charge is 0.618 e. The zero-order chi connectivity index (χ0) is 25.1. The van der Waals surface area contributed by atoms with Crippen molar-refractivity contribution in [2.45, 2.75) is 51.6 Å². The first-order valence-electron chi connectivity index (χ1n) is 9.81. The number of rotatable bonds is 7. The summed E-state index contributed by atoms with van der Waals surface area (Å²) in [5.41, 5.74) is -2.73. The molecule has 0 spiro atoms. The van der Waals surface area contributed by atoms with Gasteiger partial charge in [0.05, 0.1) is 5.02 Å². The van der Waals surface area contributed by atoms with Crippen molar-refractivity contribution >= 4 is 29.5 Å². The fourth-order valence-electron chi connectivity index (χ4n) is 3.00. The summed E-state index contributed by atoms with van der Waals surface area (Å²) in [6.45, 7) is 4.29. The van der Waals surface area contributed by atoms with Crippen molar-refractivity contribution in [3.05, 3.63) is 57.9 Å². The van der Waals surface area contributed by atoms with E-state index in [9.17, 15) is 19.9 Å². The van der Waals surface area contributed by atoms with Gasteiger partial charge in [0.15, 0.2) is 17.8 Å². The number of carboxylic acids is 1. The average molecular weight is 489 g/mol. The predicted molar refractivity (Wildman–Crippen MR) is 110 cm³/mol. The molecule has 33 heavy (non-hydrogen) atoms. The maximum absolute atomic E-state index is 15.4. The van der Waals surface area contributed by atoms with Crippen molar-refractivity contribution in [1.29, 1.82) is 0 Å². The van der Waals surface area contributed by atoms with Gasteiger partial charge in [-0.2, -0.15) is 13.5 Å². The first kappa shape index (κ1) is 26.2. The molecule has 0 N–H and O–H groups in total. The minimum absolute atomic E-state index is 0.0897. The first-order chi connectivity index (χ1) is 15.2. The van der Waals surface area contributed by atoms with Crippen molar-refractivity contribution < 1.29 is 37.3 Å². The Morgan fingerprint density at radius 2 is 1.94 bits per heavy atom. The van der Waals surface area contributed by atoms with Gasteiger partial charge < -0.3 is 19.8 Å². The lowest BCUT2D eigenvalue weighted by molar-refractivity contribution is -0.624. The van der Waals surface area contributed by atoms with E-state index in [0.29, 0.717) is 0 Å². The molecule has 0 aliphatic rings. The van der Waals surface area contributed by atoms with Crippen molar-refractivity contribution in [3.8, 4) is 0 Å². The van der Waals surface area contributed by atoms with Crippen LogP contribution in [0.15, 0.2) is 30.6 Å². The predicted octanol–water partition coefficient (Wildman–Crippen LogP) is 3.28. The minimum Gasteiger partial charge on any atom is -0.618 e. The van der Waals surface area contributed by atoms with Crippen LogP contribution < -0.4 is 14.7 Å². The Bertz CT molecular complexity index is 1050. The fourth-order valence-corrected chi connectivity index (χ4v) is 3.26. The highest BCUT2D eigenvalue weighted by molar-refractivity contribution is 6.31. The van der Waals surface area contributed by atoms with Crippen molar-refractivity contribution in [2.75, 3.05) is 11.4 Å². The molecule has 0 aliphatic carbocycles. The van der Waals surface area contributed by atoms with Crippen LogP contribution in [0.5, 0.6) is 0 Å². The van der Waals surface area contributed by atoms with Crippen LogP contribution in [0.2, 0.25) is 5.02 Å². The second-order valence-corrected chi connectivity index (χ2v) is 8.53. The zero-order valence-electron chi connectivity index (χ0n) is 18.3. The summed E-state index contributed by atoms with van der Waals surface area (Å²) < 4.78 is 50.6. The van der Waals surface area contributed by atoms with Gasteiger partial charge in [0.25, 0.3) is 5.69 Å². The molecule has 2 aromatic rings. The lowest BCUT2D eigenvalue weighted by Crippen LogP contribution is -2.47. The summed E-state index contributed by atoms with van der Waals surface area (Å²) in [7, 11) is 0. The second-order valence-electron chi connectivity index (χ2n) is 8.12. The van der Waals surface area contributed by atoms with E-state index in [2.05, 4.69) is 4.98 Å². The number of pyridine rings is 2. The van der Waals surface area contributed by atoms with Gasteiger partial charge in [-0.1, -0.05) is 18.5 Å². The molecule has 12 heteroatoms. The molecule has 0 saturated heterocycles. The van der Waals surface area contributed by atoms with E-state index >= 15 is 13.2 Å². The van der Waals surface area contributed by atoms with E-state index in [0.717, 1.165) is 18.5 Å². The molecule has 2 aromatic heterocycles. The van der Waals surface area contributed by atoms with Gasteiger partial charge in [-0.3, -0.25) is 4.90 Å². The van der Waals surface area contributed by atoms with E-state index in [1.54, 1.807) is 0 Å². The molecule has 0 bridgehead atoms. The number of carboxylic acid groups (broad SMARTS) is 1. The van der Waals surface area contributed by atoms with Crippen LogP contribution in [-0.4, -0.2) is 29.2 Å². The van der Waals surface area contributed by atoms with Gasteiger partial charge >= 0.3 is 12.0 Å². The summed E-state index contributed by atoms with van der Waals surface area (Å²) in [5.74, 6) is -9.48. The fraction of sp³-hybridized carbons (Fsp3) is 0.429. The van der Waals surface area contributed by atoms with Crippen LogP contribution in [0.25, 0.3) is 0 Å². The minimum atomic E-state index is -3.97. The Kier molecular flexibility index (Phi) is 7.79. The topological polar surface area (TPSA) is 110 Å². The van der Waals surface area contributed by atoms with Crippen LogP contribution in [0, 0.1) is 11.0 Å². The van der Waals surface area contributed by atoms with Gasteiger partial charge in [-0.25, -0.2) is 14.2 Å². The van der Waals surface area contributed by atoms with Crippen LogP contribution in [0.1, 0.15) is 51.3 Å².